The van der Waals surface area contributed by atoms with Gasteiger partial charge in [0.25, 0.3) is 0 Å². The first-order valence-electron chi connectivity index (χ1n) is 6.88. The Balaban J connectivity index is 1.84. The Morgan fingerprint density at radius 2 is 2.04 bits per heavy atom. The Bertz CT molecular complexity index is 845. The van der Waals surface area contributed by atoms with Gasteiger partial charge in [0.2, 0.25) is 0 Å². The van der Waals surface area contributed by atoms with Gasteiger partial charge in [0.1, 0.15) is 11.4 Å². The third-order valence-corrected chi connectivity index (χ3v) is 6.05. The van der Waals surface area contributed by atoms with Gasteiger partial charge in [-0.1, -0.05) is 46.3 Å². The number of halogens is 2. The molecule has 3 rings (SSSR count). The van der Waals surface area contributed by atoms with Crippen LogP contribution in [0.25, 0.3) is 10.7 Å². The predicted molar refractivity (Wildman–Crippen MR) is 98.2 cm³/mol. The highest BCUT2D eigenvalue weighted by molar-refractivity contribution is 8.01. The molecule has 0 amide bonds. The van der Waals surface area contributed by atoms with E-state index in [0.29, 0.717) is 21.5 Å². The average Bonchev–Trinajstić information content (AvgIpc) is 3.04. The maximum absolute atomic E-state index is 6.40. The highest BCUT2D eigenvalue weighted by Gasteiger charge is 2.20. The quantitative estimate of drug-likeness (QED) is 0.552. The lowest BCUT2D eigenvalue weighted by molar-refractivity contribution is 0.414. The lowest BCUT2D eigenvalue weighted by Crippen LogP contribution is -1.95. The summed E-state index contributed by atoms with van der Waals surface area (Å²) in [6, 6.07) is 3.53. The standard InChI is InChI=1S/C15H12Cl2N4OS2/c1-8(12-9(16)3-4-11(22-2)13(12)17)23-15-21-20-14(24-15)10-7-18-5-6-19-10/h3-8H,1-2H3. The second kappa shape index (κ2) is 7.65. The average molecular weight is 399 g/mol. The van der Waals surface area contributed by atoms with Gasteiger partial charge in [0.05, 0.1) is 18.3 Å². The van der Waals surface area contributed by atoms with Gasteiger partial charge in [-0.15, -0.1) is 10.2 Å². The van der Waals surface area contributed by atoms with Gasteiger partial charge in [0.15, 0.2) is 9.35 Å². The van der Waals surface area contributed by atoms with Crippen LogP contribution in [0, 0.1) is 0 Å². The molecule has 5 nitrogen and oxygen atoms in total. The number of aromatic nitrogens is 4. The zero-order valence-corrected chi connectivity index (χ0v) is 15.9. The van der Waals surface area contributed by atoms with Crippen molar-refractivity contribution in [3.8, 4) is 16.5 Å². The predicted octanol–water partition coefficient (Wildman–Crippen LogP) is 5.16. The van der Waals surface area contributed by atoms with Crippen LogP contribution in [-0.2, 0) is 0 Å². The van der Waals surface area contributed by atoms with E-state index in [2.05, 4.69) is 20.2 Å². The van der Waals surface area contributed by atoms with Crippen molar-refractivity contribution in [1.82, 2.24) is 20.2 Å². The zero-order chi connectivity index (χ0) is 17.1. The van der Waals surface area contributed by atoms with Crippen LogP contribution in [0.4, 0.5) is 0 Å². The molecule has 1 atom stereocenters. The van der Waals surface area contributed by atoms with Gasteiger partial charge >= 0.3 is 0 Å². The molecule has 0 aliphatic rings. The van der Waals surface area contributed by atoms with Crippen LogP contribution < -0.4 is 4.74 Å². The molecule has 1 aromatic carbocycles. The third kappa shape index (κ3) is 3.64. The van der Waals surface area contributed by atoms with Crippen molar-refractivity contribution in [1.29, 1.82) is 0 Å². The number of ether oxygens (including phenoxy) is 1. The summed E-state index contributed by atoms with van der Waals surface area (Å²) in [4.78, 5) is 8.27. The Labute approximate surface area is 157 Å². The van der Waals surface area contributed by atoms with Gasteiger partial charge in [-0.3, -0.25) is 9.97 Å². The fourth-order valence-corrected chi connectivity index (χ4v) is 5.12. The molecule has 0 fully saturated rings. The molecule has 124 valence electrons. The molecule has 1 unspecified atom stereocenters. The number of thioether (sulfide) groups is 1. The minimum atomic E-state index is -0.0113. The topological polar surface area (TPSA) is 60.8 Å². The number of rotatable bonds is 5. The number of hydrogen-bond donors (Lipinski definition) is 0. The minimum absolute atomic E-state index is 0.0113. The SMILES string of the molecule is COc1ccc(Cl)c(C(C)Sc2nnc(-c3cnccn3)s2)c1Cl. The molecule has 0 radical (unpaired) electrons. The third-order valence-electron chi connectivity index (χ3n) is 3.18. The molecule has 0 spiro atoms. The van der Waals surface area contributed by atoms with E-state index < -0.39 is 0 Å². The minimum Gasteiger partial charge on any atom is -0.495 e. The van der Waals surface area contributed by atoms with Crippen molar-refractivity contribution in [2.45, 2.75) is 16.5 Å². The van der Waals surface area contributed by atoms with E-state index in [-0.39, 0.29) is 5.25 Å². The summed E-state index contributed by atoms with van der Waals surface area (Å²) in [7, 11) is 1.58. The van der Waals surface area contributed by atoms with Crippen LogP contribution in [0.5, 0.6) is 5.75 Å². The van der Waals surface area contributed by atoms with Crippen LogP contribution in [0.3, 0.4) is 0 Å². The molecule has 2 heterocycles. The smallest absolute Gasteiger partial charge is 0.175 e. The summed E-state index contributed by atoms with van der Waals surface area (Å²) in [6.45, 7) is 2.01. The van der Waals surface area contributed by atoms with Crippen LogP contribution in [0.15, 0.2) is 35.1 Å². The summed E-state index contributed by atoms with van der Waals surface area (Å²) in [5.41, 5.74) is 1.52. The Kier molecular flexibility index (Phi) is 5.55. The number of nitrogens with zero attached hydrogens (tertiary/aromatic N) is 4. The zero-order valence-electron chi connectivity index (χ0n) is 12.7. The van der Waals surface area contributed by atoms with Gasteiger partial charge in [-0.05, 0) is 19.1 Å². The molecule has 24 heavy (non-hydrogen) atoms. The van der Waals surface area contributed by atoms with Crippen molar-refractivity contribution in [3.63, 3.8) is 0 Å². The Morgan fingerprint density at radius 3 is 2.75 bits per heavy atom. The lowest BCUT2D eigenvalue weighted by atomic mass is 10.1. The number of benzene rings is 1. The van der Waals surface area contributed by atoms with E-state index in [1.165, 1.54) is 23.1 Å². The van der Waals surface area contributed by atoms with Crippen molar-refractivity contribution in [2.75, 3.05) is 7.11 Å². The molecule has 0 saturated carbocycles. The van der Waals surface area contributed by atoms with E-state index in [1.807, 2.05) is 6.92 Å². The molecule has 0 saturated heterocycles. The molecule has 0 bridgehead atoms. The second-order valence-corrected chi connectivity index (χ2v) is 8.05. The molecular formula is C15H12Cl2N4OS2. The van der Waals surface area contributed by atoms with Crippen LogP contribution in [-0.4, -0.2) is 27.3 Å². The molecule has 9 heteroatoms. The summed E-state index contributed by atoms with van der Waals surface area (Å²) in [5.74, 6) is 0.598. The summed E-state index contributed by atoms with van der Waals surface area (Å²) < 4.78 is 6.07. The summed E-state index contributed by atoms with van der Waals surface area (Å²) in [5, 5.41) is 10.2. The number of hydrogen-bond acceptors (Lipinski definition) is 7. The van der Waals surface area contributed by atoms with E-state index >= 15 is 0 Å². The number of methoxy groups -OCH3 is 1. The molecule has 0 aliphatic heterocycles. The fourth-order valence-electron chi connectivity index (χ4n) is 2.06. The molecule has 0 aliphatic carbocycles. The molecular weight excluding hydrogens is 387 g/mol. The molecule has 2 aromatic heterocycles. The monoisotopic (exact) mass is 398 g/mol. The fraction of sp³-hybridized carbons (Fsp3) is 0.200. The Morgan fingerprint density at radius 1 is 1.21 bits per heavy atom. The summed E-state index contributed by atoms with van der Waals surface area (Å²) in [6.07, 6.45) is 4.91. The van der Waals surface area contributed by atoms with E-state index in [9.17, 15) is 0 Å². The highest BCUT2D eigenvalue weighted by Crippen LogP contribution is 2.45. The van der Waals surface area contributed by atoms with Gasteiger partial charge < -0.3 is 4.74 Å². The van der Waals surface area contributed by atoms with Gasteiger partial charge in [-0.2, -0.15) is 0 Å². The van der Waals surface area contributed by atoms with Crippen molar-refractivity contribution in [3.05, 3.63) is 46.3 Å². The van der Waals surface area contributed by atoms with Gasteiger partial charge in [0, 0.05) is 28.2 Å². The van der Waals surface area contributed by atoms with Crippen LogP contribution in [0.2, 0.25) is 10.0 Å². The van der Waals surface area contributed by atoms with Crippen molar-refractivity contribution < 1.29 is 4.74 Å². The van der Waals surface area contributed by atoms with Crippen LogP contribution >= 0.6 is 46.3 Å². The first-order valence-corrected chi connectivity index (χ1v) is 9.33. The van der Waals surface area contributed by atoms with E-state index in [1.54, 1.807) is 37.8 Å². The van der Waals surface area contributed by atoms with Gasteiger partial charge in [-0.25, -0.2) is 0 Å². The molecule has 3 aromatic rings. The van der Waals surface area contributed by atoms with Crippen molar-refractivity contribution >= 4 is 46.3 Å². The highest BCUT2D eigenvalue weighted by atomic mass is 35.5. The van der Waals surface area contributed by atoms with E-state index in [0.717, 1.165) is 14.9 Å². The van der Waals surface area contributed by atoms with Crippen LogP contribution in [0.1, 0.15) is 17.7 Å². The lowest BCUT2D eigenvalue weighted by Gasteiger charge is -2.15. The summed E-state index contributed by atoms with van der Waals surface area (Å²) >= 11 is 15.7. The Hall–Kier alpha value is -1.41. The maximum Gasteiger partial charge on any atom is 0.175 e. The largest absolute Gasteiger partial charge is 0.495 e. The van der Waals surface area contributed by atoms with E-state index in [4.69, 9.17) is 27.9 Å². The first-order chi connectivity index (χ1) is 11.6. The molecule has 0 N–H and O–H groups in total. The first kappa shape index (κ1) is 17.4. The normalized spacial score (nSPS) is 12.2. The second-order valence-electron chi connectivity index (χ2n) is 4.70. The van der Waals surface area contributed by atoms with Crippen molar-refractivity contribution in [2.24, 2.45) is 0 Å². The maximum atomic E-state index is 6.40.